The summed E-state index contributed by atoms with van der Waals surface area (Å²) in [5.74, 6) is 0.793. The van der Waals surface area contributed by atoms with E-state index in [9.17, 15) is 9.59 Å². The van der Waals surface area contributed by atoms with Crippen molar-refractivity contribution in [2.45, 2.75) is 0 Å². The van der Waals surface area contributed by atoms with Crippen molar-refractivity contribution in [1.82, 2.24) is 0 Å². The second-order valence-electron chi connectivity index (χ2n) is 4.99. The van der Waals surface area contributed by atoms with E-state index < -0.39 is 12.0 Å². The second kappa shape index (κ2) is 6.45. The Balaban J connectivity index is 1.85. The summed E-state index contributed by atoms with van der Waals surface area (Å²) in [6, 6.07) is 13.6. The Labute approximate surface area is 138 Å². The van der Waals surface area contributed by atoms with Crippen LogP contribution in [0.2, 0.25) is 0 Å². The lowest BCUT2D eigenvalue weighted by atomic mass is 10.2. The van der Waals surface area contributed by atoms with Crippen molar-refractivity contribution in [2.75, 3.05) is 19.1 Å². The molecule has 1 saturated heterocycles. The van der Waals surface area contributed by atoms with Gasteiger partial charge in [-0.1, -0.05) is 12.1 Å². The molecule has 0 unspecified atom stereocenters. The van der Waals surface area contributed by atoms with E-state index in [1.807, 2.05) is 0 Å². The quantitative estimate of drug-likeness (QED) is 0.808. The fraction of sp³-hybridized carbons (Fsp3) is 0.111. The minimum atomic E-state index is -0.732. The van der Waals surface area contributed by atoms with Gasteiger partial charge in [0, 0.05) is 0 Å². The summed E-state index contributed by atoms with van der Waals surface area (Å²) in [6.07, 6.45) is 0.786. The zero-order chi connectivity index (χ0) is 17.1. The first-order valence-electron chi connectivity index (χ1n) is 7.18. The van der Waals surface area contributed by atoms with Crippen molar-refractivity contribution in [3.8, 4) is 11.5 Å². The molecular formula is C18H15NO5. The number of hydrogen-bond acceptors (Lipinski definition) is 5. The van der Waals surface area contributed by atoms with Gasteiger partial charge in [-0.3, -0.25) is 4.79 Å². The number of hydrogen-bond donors (Lipinski definition) is 0. The SMILES string of the molecule is COc1ccc(/C=C2\OC(=O)N(c3ccc(OC)cc3)C2=O)cc1. The molecule has 24 heavy (non-hydrogen) atoms. The first kappa shape index (κ1) is 15.6. The van der Waals surface area contributed by atoms with E-state index >= 15 is 0 Å². The van der Waals surface area contributed by atoms with Gasteiger partial charge in [-0.25, -0.2) is 9.69 Å². The Kier molecular flexibility index (Phi) is 4.20. The summed E-state index contributed by atoms with van der Waals surface area (Å²) in [7, 11) is 3.11. The summed E-state index contributed by atoms with van der Waals surface area (Å²) < 4.78 is 15.2. The number of carbonyl (C=O) groups is 2. The molecule has 6 heteroatoms. The van der Waals surface area contributed by atoms with Gasteiger partial charge < -0.3 is 14.2 Å². The van der Waals surface area contributed by atoms with Crippen molar-refractivity contribution in [2.24, 2.45) is 0 Å². The van der Waals surface area contributed by atoms with Gasteiger partial charge in [-0.05, 0) is 48.0 Å². The summed E-state index contributed by atoms with van der Waals surface area (Å²) in [5, 5.41) is 0. The van der Waals surface area contributed by atoms with Gasteiger partial charge >= 0.3 is 12.0 Å². The summed E-state index contributed by atoms with van der Waals surface area (Å²) in [4.78, 5) is 25.5. The van der Waals surface area contributed by atoms with Crippen LogP contribution in [0.5, 0.6) is 11.5 Å². The van der Waals surface area contributed by atoms with Gasteiger partial charge in [0.15, 0.2) is 5.76 Å². The van der Waals surface area contributed by atoms with Crippen LogP contribution in [0.1, 0.15) is 5.56 Å². The molecule has 2 aromatic carbocycles. The molecule has 0 atom stereocenters. The van der Waals surface area contributed by atoms with Gasteiger partial charge in [0.25, 0.3) is 0 Å². The molecule has 0 aromatic heterocycles. The predicted molar refractivity (Wildman–Crippen MR) is 87.9 cm³/mol. The van der Waals surface area contributed by atoms with Crippen LogP contribution in [0.3, 0.4) is 0 Å². The van der Waals surface area contributed by atoms with E-state index in [0.29, 0.717) is 17.2 Å². The van der Waals surface area contributed by atoms with E-state index in [1.54, 1.807) is 62.8 Å². The Morgan fingerprint density at radius 2 is 1.42 bits per heavy atom. The van der Waals surface area contributed by atoms with Gasteiger partial charge in [-0.15, -0.1) is 0 Å². The molecule has 0 N–H and O–H groups in total. The van der Waals surface area contributed by atoms with Crippen molar-refractivity contribution >= 4 is 23.8 Å². The molecule has 0 spiro atoms. The van der Waals surface area contributed by atoms with Crippen LogP contribution in [0, 0.1) is 0 Å². The number of ether oxygens (including phenoxy) is 3. The van der Waals surface area contributed by atoms with Gasteiger partial charge in [0.2, 0.25) is 0 Å². The average Bonchev–Trinajstić information content (AvgIpc) is 2.89. The van der Waals surface area contributed by atoms with E-state index in [2.05, 4.69) is 0 Å². The lowest BCUT2D eigenvalue weighted by Gasteiger charge is -2.10. The van der Waals surface area contributed by atoms with Crippen molar-refractivity contribution in [1.29, 1.82) is 0 Å². The highest BCUT2D eigenvalue weighted by atomic mass is 16.6. The van der Waals surface area contributed by atoms with Crippen molar-refractivity contribution in [3.05, 3.63) is 59.9 Å². The molecule has 122 valence electrons. The standard InChI is InChI=1S/C18H15NO5/c1-22-14-7-3-12(4-8-14)11-16-17(20)19(18(21)24-16)13-5-9-15(23-2)10-6-13/h3-11H,1-2H3/b16-11-. The molecule has 2 aromatic rings. The largest absolute Gasteiger partial charge is 0.497 e. The third kappa shape index (κ3) is 2.94. The van der Waals surface area contributed by atoms with Gasteiger partial charge in [0.1, 0.15) is 11.5 Å². The van der Waals surface area contributed by atoms with E-state index in [-0.39, 0.29) is 5.76 Å². The van der Waals surface area contributed by atoms with Crippen LogP contribution >= 0.6 is 0 Å². The molecule has 0 radical (unpaired) electrons. The maximum absolute atomic E-state index is 12.5. The smallest absolute Gasteiger partial charge is 0.427 e. The number of nitrogens with zero attached hydrogens (tertiary/aromatic N) is 1. The van der Waals surface area contributed by atoms with Crippen LogP contribution in [0.4, 0.5) is 10.5 Å². The van der Waals surface area contributed by atoms with Gasteiger partial charge in [-0.2, -0.15) is 0 Å². The second-order valence-corrected chi connectivity index (χ2v) is 4.99. The normalized spacial score (nSPS) is 15.6. The topological polar surface area (TPSA) is 65.1 Å². The molecular weight excluding hydrogens is 310 g/mol. The molecule has 1 aliphatic heterocycles. The van der Waals surface area contributed by atoms with Crippen LogP contribution < -0.4 is 14.4 Å². The fourth-order valence-electron chi connectivity index (χ4n) is 2.27. The number of amides is 2. The maximum atomic E-state index is 12.5. The Bertz CT molecular complexity index is 793. The predicted octanol–water partition coefficient (Wildman–Crippen LogP) is 3.23. The third-order valence-corrected chi connectivity index (χ3v) is 3.54. The molecule has 1 aliphatic rings. The van der Waals surface area contributed by atoms with E-state index in [1.165, 1.54) is 6.08 Å². The zero-order valence-corrected chi connectivity index (χ0v) is 13.2. The Hall–Kier alpha value is -3.28. The van der Waals surface area contributed by atoms with Crippen LogP contribution in [0.25, 0.3) is 6.08 Å². The highest BCUT2D eigenvalue weighted by molar-refractivity contribution is 6.24. The molecule has 6 nitrogen and oxygen atoms in total. The third-order valence-electron chi connectivity index (χ3n) is 3.54. The molecule has 1 fully saturated rings. The Morgan fingerprint density at radius 3 is 1.96 bits per heavy atom. The summed E-state index contributed by atoms with van der Waals surface area (Å²) >= 11 is 0. The highest BCUT2D eigenvalue weighted by Gasteiger charge is 2.37. The number of imide groups is 1. The lowest BCUT2D eigenvalue weighted by molar-refractivity contribution is -0.114. The number of rotatable bonds is 4. The molecule has 1 heterocycles. The lowest BCUT2D eigenvalue weighted by Crippen LogP contribution is -2.28. The first-order chi connectivity index (χ1) is 11.6. The maximum Gasteiger partial charge on any atom is 0.427 e. The average molecular weight is 325 g/mol. The molecule has 2 amide bonds. The Morgan fingerprint density at radius 1 is 0.875 bits per heavy atom. The minimum absolute atomic E-state index is 0.0269. The molecule has 3 rings (SSSR count). The van der Waals surface area contributed by atoms with Crippen LogP contribution in [-0.4, -0.2) is 26.2 Å². The van der Waals surface area contributed by atoms with E-state index in [0.717, 1.165) is 10.5 Å². The fourth-order valence-corrected chi connectivity index (χ4v) is 2.27. The molecule has 0 aliphatic carbocycles. The minimum Gasteiger partial charge on any atom is -0.497 e. The number of methoxy groups -OCH3 is 2. The number of carbonyl (C=O) groups excluding carboxylic acids is 2. The summed E-state index contributed by atoms with van der Waals surface area (Å²) in [5.41, 5.74) is 1.15. The summed E-state index contributed by atoms with van der Waals surface area (Å²) in [6.45, 7) is 0. The van der Waals surface area contributed by atoms with Gasteiger partial charge in [0.05, 0.1) is 19.9 Å². The monoisotopic (exact) mass is 325 g/mol. The number of cyclic esters (lactones) is 1. The van der Waals surface area contributed by atoms with Crippen molar-refractivity contribution in [3.63, 3.8) is 0 Å². The molecule has 0 bridgehead atoms. The first-order valence-corrected chi connectivity index (χ1v) is 7.18. The molecule has 0 saturated carbocycles. The van der Waals surface area contributed by atoms with Crippen LogP contribution in [-0.2, 0) is 9.53 Å². The van der Waals surface area contributed by atoms with Crippen LogP contribution in [0.15, 0.2) is 54.3 Å². The number of anilines is 1. The zero-order valence-electron chi connectivity index (χ0n) is 13.2. The number of benzene rings is 2. The highest BCUT2D eigenvalue weighted by Crippen LogP contribution is 2.27. The van der Waals surface area contributed by atoms with Crippen molar-refractivity contribution < 1.29 is 23.8 Å². The van der Waals surface area contributed by atoms with E-state index in [4.69, 9.17) is 14.2 Å².